The van der Waals surface area contributed by atoms with Gasteiger partial charge in [0.15, 0.2) is 0 Å². The number of nitrogens with one attached hydrogen (secondary N) is 1. The van der Waals surface area contributed by atoms with Gasteiger partial charge in [0.05, 0.1) is 12.0 Å². The van der Waals surface area contributed by atoms with Gasteiger partial charge in [0.25, 0.3) is 0 Å². The number of ether oxygens (including phenoxy) is 1. The number of hydrogen-bond donors (Lipinski definition) is 1. The summed E-state index contributed by atoms with van der Waals surface area (Å²) in [5.41, 5.74) is 2.67. The summed E-state index contributed by atoms with van der Waals surface area (Å²) in [7, 11) is -2.10. The quantitative estimate of drug-likeness (QED) is 0.622. The van der Waals surface area contributed by atoms with Gasteiger partial charge in [-0.25, -0.2) is 13.1 Å². The number of methoxy groups -OCH3 is 1. The molecule has 0 aromatic heterocycles. The van der Waals surface area contributed by atoms with Crippen molar-refractivity contribution < 1.29 is 17.9 Å². The Morgan fingerprint density at radius 2 is 1.94 bits per heavy atom. The van der Waals surface area contributed by atoms with E-state index in [9.17, 15) is 13.2 Å². The molecule has 0 saturated carbocycles. The van der Waals surface area contributed by atoms with E-state index in [2.05, 4.69) is 23.5 Å². The minimum atomic E-state index is -3.72. The molecule has 2 aromatic carbocycles. The van der Waals surface area contributed by atoms with Gasteiger partial charge in [0, 0.05) is 31.2 Å². The summed E-state index contributed by atoms with van der Waals surface area (Å²) in [6.07, 6.45) is 0.643. The van der Waals surface area contributed by atoms with Crippen LogP contribution in [-0.2, 0) is 21.2 Å². The molecule has 0 bridgehead atoms. The molecular formula is C24H33N3O4S. The monoisotopic (exact) mass is 459 g/mol. The molecule has 0 radical (unpaired) electrons. The van der Waals surface area contributed by atoms with E-state index < -0.39 is 10.0 Å². The number of carbonyl (C=O) groups excluding carboxylic acids is 1. The highest BCUT2D eigenvalue weighted by molar-refractivity contribution is 7.89. The fourth-order valence-electron chi connectivity index (χ4n) is 4.50. The number of fused-ring (bicyclic) bond motifs is 1. The Bertz CT molecular complexity index is 1070. The maximum atomic E-state index is 13.2. The summed E-state index contributed by atoms with van der Waals surface area (Å²) >= 11 is 0. The van der Waals surface area contributed by atoms with Crippen LogP contribution in [0.1, 0.15) is 44.9 Å². The van der Waals surface area contributed by atoms with Crippen molar-refractivity contribution in [3.63, 3.8) is 0 Å². The first-order valence-corrected chi connectivity index (χ1v) is 12.5. The number of benzene rings is 2. The maximum Gasteiger partial charge on any atom is 0.240 e. The molecule has 1 aliphatic heterocycles. The van der Waals surface area contributed by atoms with Crippen molar-refractivity contribution in [2.75, 3.05) is 31.6 Å². The molecule has 32 heavy (non-hydrogen) atoms. The molecule has 3 rings (SSSR count). The van der Waals surface area contributed by atoms with Crippen LogP contribution in [0.15, 0.2) is 47.4 Å². The van der Waals surface area contributed by atoms with Gasteiger partial charge in [0.2, 0.25) is 15.9 Å². The Balaban J connectivity index is 1.84. The number of nitrogens with zero attached hydrogens (tertiary/aromatic N) is 2. The maximum absolute atomic E-state index is 13.2. The molecule has 1 heterocycles. The van der Waals surface area contributed by atoms with Crippen LogP contribution in [0.5, 0.6) is 5.75 Å². The summed E-state index contributed by atoms with van der Waals surface area (Å²) in [5, 5.41) is 0. The second-order valence-corrected chi connectivity index (χ2v) is 9.87. The zero-order valence-electron chi connectivity index (χ0n) is 19.5. The van der Waals surface area contributed by atoms with E-state index in [4.69, 9.17) is 4.74 Å². The SMILES string of the molecule is CCN(CC)[C@@H](CNS(=O)(=O)c1ccc2c(c1)C[C@H](C)N2C(C)=O)c1cccc(OC)c1. The lowest BCUT2D eigenvalue weighted by molar-refractivity contribution is -0.116. The highest BCUT2D eigenvalue weighted by Crippen LogP contribution is 2.34. The summed E-state index contributed by atoms with van der Waals surface area (Å²) < 4.78 is 34.5. The largest absolute Gasteiger partial charge is 0.497 e. The Morgan fingerprint density at radius 3 is 2.56 bits per heavy atom. The number of rotatable bonds is 9. The topological polar surface area (TPSA) is 79.0 Å². The Hall–Kier alpha value is -2.42. The number of sulfonamides is 1. The number of anilines is 1. The van der Waals surface area contributed by atoms with Crippen LogP contribution < -0.4 is 14.4 Å². The van der Waals surface area contributed by atoms with Crippen LogP contribution in [0.3, 0.4) is 0 Å². The van der Waals surface area contributed by atoms with Crippen LogP contribution in [-0.4, -0.2) is 52.0 Å². The van der Waals surface area contributed by atoms with Crippen molar-refractivity contribution in [1.29, 1.82) is 0 Å². The van der Waals surface area contributed by atoms with E-state index >= 15 is 0 Å². The van der Waals surface area contributed by atoms with Gasteiger partial charge in [-0.1, -0.05) is 26.0 Å². The molecule has 1 N–H and O–H groups in total. The number of carbonyl (C=O) groups is 1. The van der Waals surface area contributed by atoms with Crippen LogP contribution in [0.25, 0.3) is 0 Å². The second-order valence-electron chi connectivity index (χ2n) is 8.10. The summed E-state index contributed by atoms with van der Waals surface area (Å²) in [6.45, 7) is 9.45. The lowest BCUT2D eigenvalue weighted by Crippen LogP contribution is -2.38. The van der Waals surface area contributed by atoms with E-state index in [1.165, 1.54) is 6.92 Å². The first-order chi connectivity index (χ1) is 15.2. The van der Waals surface area contributed by atoms with Crippen molar-refractivity contribution in [3.8, 4) is 5.75 Å². The smallest absolute Gasteiger partial charge is 0.240 e. The average Bonchev–Trinajstić information content (AvgIpc) is 3.11. The third-order valence-electron chi connectivity index (χ3n) is 6.11. The molecular weight excluding hydrogens is 426 g/mol. The summed E-state index contributed by atoms with van der Waals surface area (Å²) in [5.74, 6) is 0.704. The van der Waals surface area contributed by atoms with Gasteiger partial charge in [0.1, 0.15) is 5.75 Å². The van der Waals surface area contributed by atoms with Gasteiger partial charge >= 0.3 is 0 Å². The standard InChI is InChI=1S/C24H33N3O4S/c1-6-26(7-2)24(19-9-8-10-21(14-19)31-5)16-25-32(29,30)22-11-12-23-20(15-22)13-17(3)27(23)18(4)28/h8-12,14-15,17,24-25H,6-7,13,16H2,1-5H3/t17-,24-/m0/s1. The first kappa shape index (κ1) is 24.2. The number of likely N-dealkylation sites (N-methyl/N-ethyl adjacent to an activating group) is 1. The fraction of sp³-hybridized carbons (Fsp3) is 0.458. The van der Waals surface area contributed by atoms with E-state index in [-0.39, 0.29) is 29.4 Å². The zero-order valence-corrected chi connectivity index (χ0v) is 20.3. The summed E-state index contributed by atoms with van der Waals surface area (Å²) in [6, 6.07) is 12.6. The third-order valence-corrected chi connectivity index (χ3v) is 7.54. The molecule has 0 aliphatic carbocycles. The van der Waals surface area contributed by atoms with Gasteiger partial charge in [-0.15, -0.1) is 0 Å². The second kappa shape index (κ2) is 10.0. The van der Waals surface area contributed by atoms with Crippen LogP contribution in [0.2, 0.25) is 0 Å². The normalized spacial score (nSPS) is 16.8. The van der Waals surface area contributed by atoms with E-state index in [0.717, 1.165) is 35.7 Å². The zero-order chi connectivity index (χ0) is 23.5. The molecule has 2 atom stereocenters. The lowest BCUT2D eigenvalue weighted by Gasteiger charge is -2.30. The molecule has 1 amide bonds. The average molecular weight is 460 g/mol. The molecule has 0 unspecified atom stereocenters. The predicted octanol–water partition coefficient (Wildman–Crippen LogP) is 3.35. The molecule has 174 valence electrons. The molecule has 0 fully saturated rings. The van der Waals surface area contributed by atoms with Crippen molar-refractivity contribution in [2.24, 2.45) is 0 Å². The minimum absolute atomic E-state index is 0.0218. The van der Waals surface area contributed by atoms with E-state index in [1.807, 2.05) is 31.2 Å². The molecule has 0 spiro atoms. The number of amides is 1. The van der Waals surface area contributed by atoms with Gasteiger partial charge in [-0.2, -0.15) is 0 Å². The molecule has 1 aliphatic rings. The first-order valence-electron chi connectivity index (χ1n) is 11.0. The Labute approximate surface area is 191 Å². The Kier molecular flexibility index (Phi) is 7.59. The highest BCUT2D eigenvalue weighted by atomic mass is 32.2. The van der Waals surface area contributed by atoms with Crippen LogP contribution in [0.4, 0.5) is 5.69 Å². The van der Waals surface area contributed by atoms with Crippen molar-refractivity contribution in [2.45, 2.75) is 51.1 Å². The highest BCUT2D eigenvalue weighted by Gasteiger charge is 2.30. The van der Waals surface area contributed by atoms with Gasteiger partial charge < -0.3 is 9.64 Å². The van der Waals surface area contributed by atoms with Gasteiger partial charge in [-0.3, -0.25) is 9.69 Å². The lowest BCUT2D eigenvalue weighted by atomic mass is 10.0. The van der Waals surface area contributed by atoms with Crippen LogP contribution in [0, 0.1) is 0 Å². The van der Waals surface area contributed by atoms with Crippen molar-refractivity contribution >= 4 is 21.6 Å². The van der Waals surface area contributed by atoms with Crippen molar-refractivity contribution in [1.82, 2.24) is 9.62 Å². The molecule has 7 nitrogen and oxygen atoms in total. The summed E-state index contributed by atoms with van der Waals surface area (Å²) in [4.78, 5) is 16.1. The molecule has 0 saturated heterocycles. The Morgan fingerprint density at radius 1 is 1.22 bits per heavy atom. The number of hydrogen-bond acceptors (Lipinski definition) is 5. The van der Waals surface area contributed by atoms with Gasteiger partial charge in [-0.05, 0) is 67.9 Å². The molecule has 8 heteroatoms. The molecule has 2 aromatic rings. The van der Waals surface area contributed by atoms with Crippen molar-refractivity contribution in [3.05, 3.63) is 53.6 Å². The fourth-order valence-corrected chi connectivity index (χ4v) is 5.59. The third kappa shape index (κ3) is 4.98. The minimum Gasteiger partial charge on any atom is -0.497 e. The predicted molar refractivity (Wildman–Crippen MR) is 127 cm³/mol. The van der Waals surface area contributed by atoms with E-state index in [0.29, 0.717) is 6.42 Å². The van der Waals surface area contributed by atoms with Crippen LogP contribution >= 0.6 is 0 Å². The van der Waals surface area contributed by atoms with E-state index in [1.54, 1.807) is 30.2 Å².